The summed E-state index contributed by atoms with van der Waals surface area (Å²) in [5, 5.41) is 3.56. The lowest BCUT2D eigenvalue weighted by Gasteiger charge is -2.42. The Balaban J connectivity index is 1.63. The number of hydrogen-bond donors (Lipinski definition) is 2. The van der Waals surface area contributed by atoms with Crippen molar-refractivity contribution in [3.63, 3.8) is 0 Å². The minimum atomic E-state index is -0.434. The number of nitrogens with zero attached hydrogens (tertiary/aromatic N) is 2. The molecule has 3 N–H and O–H groups in total. The van der Waals surface area contributed by atoms with Crippen molar-refractivity contribution in [3.05, 3.63) is 0 Å². The number of hydrogen-bond acceptors (Lipinski definition) is 4. The Kier molecular flexibility index (Phi) is 4.26. The van der Waals surface area contributed by atoms with Gasteiger partial charge in [-0.25, -0.2) is 0 Å². The second-order valence-corrected chi connectivity index (χ2v) is 7.30. The van der Waals surface area contributed by atoms with E-state index in [-0.39, 0.29) is 5.91 Å². The summed E-state index contributed by atoms with van der Waals surface area (Å²) >= 11 is 0. The third-order valence-electron chi connectivity index (χ3n) is 5.81. The van der Waals surface area contributed by atoms with E-state index in [4.69, 9.17) is 5.73 Å². The van der Waals surface area contributed by atoms with E-state index < -0.39 is 5.54 Å². The van der Waals surface area contributed by atoms with Gasteiger partial charge in [-0.2, -0.15) is 0 Å². The van der Waals surface area contributed by atoms with Crippen LogP contribution in [-0.4, -0.2) is 66.1 Å². The maximum Gasteiger partial charge on any atom is 0.237 e. The molecule has 0 radical (unpaired) electrons. The fraction of sp³-hybridized carbons (Fsp3) is 0.938. The maximum absolute atomic E-state index is 12.0. The van der Waals surface area contributed by atoms with Crippen LogP contribution in [0.25, 0.3) is 0 Å². The summed E-state index contributed by atoms with van der Waals surface area (Å²) in [5.74, 6) is -0.141. The third kappa shape index (κ3) is 3.10. The standard InChI is InChI=1S/C16H30N4O/c1-3-13-11-20(9-8-19(13)2)14-6-7-16(10-14,15(17)21)18-12-4-5-12/h12-14,18H,3-11H2,1-2H3,(H2,17,21). The van der Waals surface area contributed by atoms with Crippen molar-refractivity contribution in [2.24, 2.45) is 5.73 Å². The van der Waals surface area contributed by atoms with Crippen LogP contribution in [0.5, 0.6) is 0 Å². The van der Waals surface area contributed by atoms with Gasteiger partial charge in [0.2, 0.25) is 5.91 Å². The van der Waals surface area contributed by atoms with Gasteiger partial charge in [0.25, 0.3) is 0 Å². The molecular formula is C16H30N4O. The van der Waals surface area contributed by atoms with Crippen LogP contribution < -0.4 is 11.1 Å². The highest BCUT2D eigenvalue weighted by Crippen LogP contribution is 2.37. The Labute approximate surface area is 128 Å². The molecule has 5 nitrogen and oxygen atoms in total. The SMILES string of the molecule is CCC1CN(C2CCC(NC3CC3)(C(N)=O)C2)CCN1C. The van der Waals surface area contributed by atoms with Gasteiger partial charge in [-0.1, -0.05) is 6.92 Å². The molecule has 5 heteroatoms. The molecule has 0 spiro atoms. The molecule has 3 fully saturated rings. The molecule has 1 saturated heterocycles. The van der Waals surface area contributed by atoms with Crippen LogP contribution in [0.2, 0.25) is 0 Å². The predicted octanol–water partition coefficient (Wildman–Crippen LogP) is 0.541. The first kappa shape index (κ1) is 15.3. The Morgan fingerprint density at radius 3 is 2.71 bits per heavy atom. The normalized spacial score (nSPS) is 38.8. The minimum absolute atomic E-state index is 0.141. The van der Waals surface area contributed by atoms with Crippen molar-refractivity contribution in [1.29, 1.82) is 0 Å². The number of nitrogens with two attached hydrogens (primary N) is 1. The number of carbonyl (C=O) groups excluding carboxylic acids is 1. The summed E-state index contributed by atoms with van der Waals surface area (Å²) in [6.07, 6.45) is 6.51. The first-order chi connectivity index (χ1) is 10.0. The quantitative estimate of drug-likeness (QED) is 0.777. The Morgan fingerprint density at radius 2 is 2.10 bits per heavy atom. The molecule has 0 aromatic carbocycles. The lowest BCUT2D eigenvalue weighted by atomic mass is 9.95. The highest BCUT2D eigenvalue weighted by Gasteiger charge is 2.48. The van der Waals surface area contributed by atoms with E-state index in [9.17, 15) is 4.79 Å². The maximum atomic E-state index is 12.0. The molecule has 120 valence electrons. The van der Waals surface area contributed by atoms with Crippen molar-refractivity contribution < 1.29 is 4.79 Å². The molecule has 1 heterocycles. The van der Waals surface area contributed by atoms with Crippen LogP contribution >= 0.6 is 0 Å². The second kappa shape index (κ2) is 5.86. The number of likely N-dealkylation sites (N-methyl/N-ethyl adjacent to an activating group) is 1. The van der Waals surface area contributed by atoms with Crippen LogP contribution in [0.15, 0.2) is 0 Å². The molecule has 0 bridgehead atoms. The Bertz CT molecular complexity index is 398. The number of amides is 1. The van der Waals surface area contributed by atoms with E-state index in [1.54, 1.807) is 0 Å². The lowest BCUT2D eigenvalue weighted by molar-refractivity contribution is -0.124. The van der Waals surface area contributed by atoms with Gasteiger partial charge in [0.1, 0.15) is 0 Å². The van der Waals surface area contributed by atoms with Crippen LogP contribution in [0.3, 0.4) is 0 Å². The van der Waals surface area contributed by atoms with Gasteiger partial charge in [0.15, 0.2) is 0 Å². The molecule has 0 aromatic rings. The fourth-order valence-electron chi connectivity index (χ4n) is 4.12. The average Bonchev–Trinajstić information content (AvgIpc) is 3.16. The van der Waals surface area contributed by atoms with Gasteiger partial charge >= 0.3 is 0 Å². The van der Waals surface area contributed by atoms with E-state index >= 15 is 0 Å². The molecule has 3 rings (SSSR count). The van der Waals surface area contributed by atoms with Gasteiger partial charge in [0, 0.05) is 37.8 Å². The largest absolute Gasteiger partial charge is 0.368 e. The lowest BCUT2D eigenvalue weighted by Crippen LogP contribution is -2.57. The van der Waals surface area contributed by atoms with E-state index in [1.165, 1.54) is 19.3 Å². The summed E-state index contributed by atoms with van der Waals surface area (Å²) in [6.45, 7) is 5.65. The topological polar surface area (TPSA) is 61.6 Å². The number of nitrogens with one attached hydrogen (secondary N) is 1. The minimum Gasteiger partial charge on any atom is -0.368 e. The molecule has 3 unspecified atom stereocenters. The molecule has 21 heavy (non-hydrogen) atoms. The van der Waals surface area contributed by atoms with Gasteiger partial charge in [-0.05, 0) is 45.6 Å². The van der Waals surface area contributed by atoms with E-state index in [1.807, 2.05) is 0 Å². The molecule has 2 aliphatic carbocycles. The zero-order valence-electron chi connectivity index (χ0n) is 13.5. The highest BCUT2D eigenvalue weighted by molar-refractivity contribution is 5.85. The zero-order valence-corrected chi connectivity index (χ0v) is 13.5. The van der Waals surface area contributed by atoms with Crippen LogP contribution in [0.4, 0.5) is 0 Å². The molecule has 2 saturated carbocycles. The summed E-state index contributed by atoms with van der Waals surface area (Å²) in [6, 6.07) is 1.71. The van der Waals surface area contributed by atoms with Gasteiger partial charge < -0.3 is 16.0 Å². The summed E-state index contributed by atoms with van der Waals surface area (Å²) in [5.41, 5.74) is 5.31. The average molecular weight is 294 g/mol. The first-order valence-electron chi connectivity index (χ1n) is 8.56. The van der Waals surface area contributed by atoms with Crippen LogP contribution in [0.1, 0.15) is 45.4 Å². The highest BCUT2D eigenvalue weighted by atomic mass is 16.1. The van der Waals surface area contributed by atoms with Crippen molar-refractivity contribution >= 4 is 5.91 Å². The van der Waals surface area contributed by atoms with Crippen molar-refractivity contribution in [2.75, 3.05) is 26.7 Å². The van der Waals surface area contributed by atoms with Gasteiger partial charge in [-0.15, -0.1) is 0 Å². The monoisotopic (exact) mass is 294 g/mol. The predicted molar refractivity (Wildman–Crippen MR) is 84.0 cm³/mol. The zero-order chi connectivity index (χ0) is 15.0. The van der Waals surface area contributed by atoms with Crippen molar-refractivity contribution in [2.45, 2.75) is 69.1 Å². The summed E-state index contributed by atoms with van der Waals surface area (Å²) in [7, 11) is 2.22. The molecule has 1 amide bonds. The molecule has 3 aliphatic rings. The van der Waals surface area contributed by atoms with E-state index in [0.29, 0.717) is 18.1 Å². The number of primary amides is 1. The Morgan fingerprint density at radius 1 is 1.33 bits per heavy atom. The Hall–Kier alpha value is -0.650. The van der Waals surface area contributed by atoms with E-state index in [0.717, 1.165) is 38.9 Å². The van der Waals surface area contributed by atoms with Crippen LogP contribution in [-0.2, 0) is 4.79 Å². The fourth-order valence-corrected chi connectivity index (χ4v) is 4.12. The smallest absolute Gasteiger partial charge is 0.237 e. The third-order valence-corrected chi connectivity index (χ3v) is 5.81. The number of carbonyl (C=O) groups is 1. The van der Waals surface area contributed by atoms with Crippen LogP contribution in [0, 0.1) is 0 Å². The van der Waals surface area contributed by atoms with Crippen molar-refractivity contribution in [3.8, 4) is 0 Å². The number of piperazine rings is 1. The summed E-state index contributed by atoms with van der Waals surface area (Å²) in [4.78, 5) is 17.1. The summed E-state index contributed by atoms with van der Waals surface area (Å²) < 4.78 is 0. The first-order valence-corrected chi connectivity index (χ1v) is 8.56. The second-order valence-electron chi connectivity index (χ2n) is 7.30. The molecule has 1 aliphatic heterocycles. The van der Waals surface area contributed by atoms with E-state index in [2.05, 4.69) is 29.1 Å². The van der Waals surface area contributed by atoms with Gasteiger partial charge in [0.05, 0.1) is 5.54 Å². The number of rotatable bonds is 5. The molecular weight excluding hydrogens is 264 g/mol. The van der Waals surface area contributed by atoms with Gasteiger partial charge in [-0.3, -0.25) is 9.69 Å². The molecule has 0 aromatic heterocycles. The van der Waals surface area contributed by atoms with Crippen molar-refractivity contribution in [1.82, 2.24) is 15.1 Å². The molecule has 3 atom stereocenters.